The van der Waals surface area contributed by atoms with Crippen molar-refractivity contribution in [1.82, 2.24) is 25.0 Å². The topological polar surface area (TPSA) is 106 Å². The highest BCUT2D eigenvalue weighted by molar-refractivity contribution is 7.88. The van der Waals surface area contributed by atoms with E-state index in [-0.39, 0.29) is 29.7 Å². The SMILES string of the molecule is CC(C)NS(=O)(=O)Cc1ccccc1CNC(=O)c1cn(-c2ccccc2C(F)(F)F)nn1. The standard InChI is InChI=1S/C21H22F3N5O3S/c1-14(2)27-33(31,32)13-16-8-4-3-7-15(16)11-25-20(30)18-12-29(28-26-18)19-10-6-5-9-17(19)21(22,23)24/h3-10,12,14,27H,11,13H2,1-2H3,(H,25,30). The third-order valence-electron chi connectivity index (χ3n) is 4.50. The molecule has 0 unspecified atom stereocenters. The van der Waals surface area contributed by atoms with E-state index in [0.29, 0.717) is 11.1 Å². The summed E-state index contributed by atoms with van der Waals surface area (Å²) in [5.74, 6) is -0.926. The summed E-state index contributed by atoms with van der Waals surface area (Å²) in [7, 11) is -3.57. The zero-order valence-electron chi connectivity index (χ0n) is 17.8. The van der Waals surface area contributed by atoms with Gasteiger partial charge in [-0.15, -0.1) is 5.10 Å². The summed E-state index contributed by atoms with van der Waals surface area (Å²) in [5, 5.41) is 9.92. The van der Waals surface area contributed by atoms with Crippen LogP contribution in [0.3, 0.4) is 0 Å². The average molecular weight is 482 g/mol. The monoisotopic (exact) mass is 481 g/mol. The van der Waals surface area contributed by atoms with Gasteiger partial charge in [0.1, 0.15) is 0 Å². The van der Waals surface area contributed by atoms with Crippen molar-refractivity contribution in [2.75, 3.05) is 0 Å². The maximum atomic E-state index is 13.2. The van der Waals surface area contributed by atoms with E-state index in [4.69, 9.17) is 0 Å². The Bertz CT molecular complexity index is 1240. The highest BCUT2D eigenvalue weighted by Crippen LogP contribution is 2.33. The number of benzene rings is 2. The van der Waals surface area contributed by atoms with E-state index in [1.807, 2.05) is 0 Å². The number of rotatable bonds is 8. The van der Waals surface area contributed by atoms with Gasteiger partial charge >= 0.3 is 6.18 Å². The number of carbonyl (C=O) groups is 1. The minimum Gasteiger partial charge on any atom is -0.347 e. The van der Waals surface area contributed by atoms with Crippen LogP contribution in [0.2, 0.25) is 0 Å². The van der Waals surface area contributed by atoms with Gasteiger partial charge in [0.15, 0.2) is 5.69 Å². The number of hydrogen-bond donors (Lipinski definition) is 2. The van der Waals surface area contributed by atoms with Gasteiger partial charge in [0.05, 0.1) is 23.2 Å². The molecule has 33 heavy (non-hydrogen) atoms. The molecule has 3 rings (SSSR count). The van der Waals surface area contributed by atoms with E-state index in [1.165, 1.54) is 18.2 Å². The second kappa shape index (κ2) is 9.71. The van der Waals surface area contributed by atoms with Crippen molar-refractivity contribution in [1.29, 1.82) is 0 Å². The highest BCUT2D eigenvalue weighted by atomic mass is 32.2. The van der Waals surface area contributed by atoms with Crippen molar-refractivity contribution in [2.45, 2.75) is 38.4 Å². The molecule has 8 nitrogen and oxygen atoms in total. The van der Waals surface area contributed by atoms with Crippen LogP contribution in [0.1, 0.15) is 41.0 Å². The van der Waals surface area contributed by atoms with Gasteiger partial charge in [0.2, 0.25) is 10.0 Å². The van der Waals surface area contributed by atoms with Crippen molar-refractivity contribution >= 4 is 15.9 Å². The first-order valence-corrected chi connectivity index (χ1v) is 11.6. The fourth-order valence-electron chi connectivity index (χ4n) is 3.14. The van der Waals surface area contributed by atoms with Gasteiger partial charge in [-0.25, -0.2) is 17.8 Å². The lowest BCUT2D eigenvalue weighted by atomic mass is 10.1. The lowest BCUT2D eigenvalue weighted by molar-refractivity contribution is -0.137. The molecule has 1 amide bonds. The minimum absolute atomic E-state index is 0.00178. The Morgan fingerprint density at radius 3 is 2.36 bits per heavy atom. The second-order valence-corrected chi connectivity index (χ2v) is 9.30. The molecule has 0 bridgehead atoms. The lowest BCUT2D eigenvalue weighted by Gasteiger charge is -2.13. The molecule has 0 spiro atoms. The number of halogens is 3. The molecule has 0 fully saturated rings. The summed E-state index contributed by atoms with van der Waals surface area (Å²) >= 11 is 0. The van der Waals surface area contributed by atoms with Crippen LogP contribution in [0, 0.1) is 0 Å². The second-order valence-electron chi connectivity index (χ2n) is 7.55. The summed E-state index contributed by atoms with van der Waals surface area (Å²) < 4.78 is 67.6. The van der Waals surface area contributed by atoms with Gasteiger partial charge in [-0.1, -0.05) is 41.6 Å². The van der Waals surface area contributed by atoms with Gasteiger partial charge in [-0.05, 0) is 37.1 Å². The van der Waals surface area contributed by atoms with Crippen molar-refractivity contribution in [3.8, 4) is 5.69 Å². The Kier molecular flexibility index (Phi) is 7.18. The molecule has 0 aliphatic carbocycles. The van der Waals surface area contributed by atoms with Gasteiger partial charge in [0.25, 0.3) is 5.91 Å². The molecule has 3 aromatic rings. The molecule has 0 radical (unpaired) electrons. The number of sulfonamides is 1. The Labute approximate surface area is 188 Å². The first-order chi connectivity index (χ1) is 15.5. The summed E-state index contributed by atoms with van der Waals surface area (Å²) in [6.07, 6.45) is -3.50. The third kappa shape index (κ3) is 6.39. The first kappa shape index (κ1) is 24.4. The number of para-hydroxylation sites is 1. The molecule has 1 aromatic heterocycles. The molecular formula is C21H22F3N5O3S. The molecule has 0 atom stereocenters. The molecule has 1 heterocycles. The largest absolute Gasteiger partial charge is 0.418 e. The molecule has 176 valence electrons. The highest BCUT2D eigenvalue weighted by Gasteiger charge is 2.34. The predicted molar refractivity (Wildman–Crippen MR) is 115 cm³/mol. The van der Waals surface area contributed by atoms with Crippen LogP contribution < -0.4 is 10.0 Å². The van der Waals surface area contributed by atoms with Crippen LogP contribution in [-0.4, -0.2) is 35.4 Å². The Hall–Kier alpha value is -3.25. The number of nitrogens with one attached hydrogen (secondary N) is 2. The van der Waals surface area contributed by atoms with E-state index in [2.05, 4.69) is 20.4 Å². The minimum atomic E-state index is -4.60. The van der Waals surface area contributed by atoms with Gasteiger partial charge in [-0.2, -0.15) is 13.2 Å². The van der Waals surface area contributed by atoms with E-state index in [0.717, 1.165) is 16.9 Å². The summed E-state index contributed by atoms with van der Waals surface area (Å²) in [6.45, 7) is 3.42. The number of alkyl halides is 3. The smallest absolute Gasteiger partial charge is 0.347 e. The molecule has 0 saturated heterocycles. The van der Waals surface area contributed by atoms with E-state index in [9.17, 15) is 26.4 Å². The predicted octanol–water partition coefficient (Wildman–Crippen LogP) is 3.04. The summed E-state index contributed by atoms with van der Waals surface area (Å²) in [5.41, 5.74) is -0.265. The maximum absolute atomic E-state index is 13.2. The van der Waals surface area contributed by atoms with Crippen molar-refractivity contribution in [2.24, 2.45) is 0 Å². The fraction of sp³-hybridized carbons (Fsp3) is 0.286. The molecule has 2 N–H and O–H groups in total. The zero-order valence-corrected chi connectivity index (χ0v) is 18.6. The van der Waals surface area contributed by atoms with Crippen molar-refractivity contribution in [3.63, 3.8) is 0 Å². The van der Waals surface area contributed by atoms with Gasteiger partial charge in [-0.3, -0.25) is 4.79 Å². The number of carbonyl (C=O) groups excluding carboxylic acids is 1. The van der Waals surface area contributed by atoms with E-state index in [1.54, 1.807) is 38.1 Å². The summed E-state index contributed by atoms with van der Waals surface area (Å²) in [4.78, 5) is 12.5. The third-order valence-corrected chi connectivity index (χ3v) is 6.02. The van der Waals surface area contributed by atoms with E-state index >= 15 is 0 Å². The molecule has 0 aliphatic rings. The molecule has 0 aliphatic heterocycles. The number of aromatic nitrogens is 3. The van der Waals surface area contributed by atoms with Crippen LogP contribution in [0.15, 0.2) is 54.7 Å². The van der Waals surface area contributed by atoms with Gasteiger partial charge in [0, 0.05) is 12.6 Å². The number of amides is 1. The van der Waals surface area contributed by atoms with Crippen LogP contribution in [0.5, 0.6) is 0 Å². The van der Waals surface area contributed by atoms with Crippen LogP contribution in [-0.2, 0) is 28.5 Å². The van der Waals surface area contributed by atoms with Crippen LogP contribution in [0.25, 0.3) is 5.69 Å². The van der Waals surface area contributed by atoms with Crippen molar-refractivity contribution < 1.29 is 26.4 Å². The Morgan fingerprint density at radius 1 is 1.06 bits per heavy atom. The first-order valence-electron chi connectivity index (χ1n) is 9.90. The summed E-state index contributed by atoms with van der Waals surface area (Å²) in [6, 6.07) is 11.3. The molecular weight excluding hydrogens is 459 g/mol. The lowest BCUT2D eigenvalue weighted by Crippen LogP contribution is -2.32. The zero-order chi connectivity index (χ0) is 24.2. The maximum Gasteiger partial charge on any atom is 0.418 e. The van der Waals surface area contributed by atoms with Crippen LogP contribution in [0.4, 0.5) is 13.2 Å². The fourth-order valence-corrected chi connectivity index (χ4v) is 4.63. The van der Waals surface area contributed by atoms with Crippen molar-refractivity contribution in [3.05, 3.63) is 77.1 Å². The number of hydrogen-bond acceptors (Lipinski definition) is 5. The number of nitrogens with zero attached hydrogens (tertiary/aromatic N) is 3. The van der Waals surface area contributed by atoms with Crippen LogP contribution >= 0.6 is 0 Å². The molecule has 0 saturated carbocycles. The van der Waals surface area contributed by atoms with Gasteiger partial charge < -0.3 is 5.32 Å². The molecule has 12 heteroatoms. The average Bonchev–Trinajstić information content (AvgIpc) is 3.21. The Balaban J connectivity index is 1.74. The molecule has 2 aromatic carbocycles. The van der Waals surface area contributed by atoms with E-state index < -0.39 is 27.7 Å². The quantitative estimate of drug-likeness (QED) is 0.515. The Morgan fingerprint density at radius 2 is 1.70 bits per heavy atom. The normalized spacial score (nSPS) is 12.2.